The van der Waals surface area contributed by atoms with Crippen LogP contribution in [-0.4, -0.2) is 83.5 Å². The van der Waals surface area contributed by atoms with Crippen LogP contribution in [0.5, 0.6) is 5.75 Å². The molecule has 4 rings (SSSR count). The van der Waals surface area contributed by atoms with Gasteiger partial charge in [0.1, 0.15) is 28.8 Å². The van der Waals surface area contributed by atoms with Crippen molar-refractivity contribution in [2.24, 2.45) is 9.98 Å². The molecule has 0 saturated heterocycles. The first-order valence-corrected chi connectivity index (χ1v) is 12.5. The third kappa shape index (κ3) is 5.50. The number of aliphatic imine (C=N–C) groups is 2. The highest BCUT2D eigenvalue weighted by Gasteiger charge is 2.25. The Balaban J connectivity index is 1.65. The molecule has 0 bridgehead atoms. The number of alkyl halides is 1. The second kappa shape index (κ2) is 10.7. The van der Waals surface area contributed by atoms with Gasteiger partial charge >= 0.3 is 0 Å². The lowest BCUT2D eigenvalue weighted by atomic mass is 10.0. The van der Waals surface area contributed by atoms with Crippen LogP contribution in [0.2, 0.25) is 0 Å². The molecule has 7 nitrogen and oxygen atoms in total. The second-order valence-electron chi connectivity index (χ2n) is 8.92. The summed E-state index contributed by atoms with van der Waals surface area (Å²) in [5.41, 5.74) is 6.51. The molecule has 1 aliphatic rings. The molecule has 34 heavy (non-hydrogen) atoms. The van der Waals surface area contributed by atoms with Crippen LogP contribution in [0.3, 0.4) is 0 Å². The van der Waals surface area contributed by atoms with Crippen molar-refractivity contribution in [3.8, 4) is 16.9 Å². The zero-order chi connectivity index (χ0) is 24.2. The Morgan fingerprint density at radius 2 is 2.00 bits per heavy atom. The van der Waals surface area contributed by atoms with Gasteiger partial charge in [0.15, 0.2) is 0 Å². The maximum atomic E-state index is 6.14. The lowest BCUT2D eigenvalue weighted by Crippen LogP contribution is -2.41. The topological polar surface area (TPSA) is 69.1 Å². The predicted molar refractivity (Wildman–Crippen MR) is 145 cm³/mol. The number of rotatable bonds is 6. The molecule has 0 spiro atoms. The molecule has 180 valence electrons. The Labute approximate surface area is 210 Å². The van der Waals surface area contributed by atoms with Crippen LogP contribution in [0.25, 0.3) is 22.2 Å². The number of aryl methyl sites for hydroxylation is 1. The summed E-state index contributed by atoms with van der Waals surface area (Å²) in [5, 5.41) is 0. The third-order valence-electron chi connectivity index (χ3n) is 6.07. The van der Waals surface area contributed by atoms with E-state index in [1.165, 1.54) is 0 Å². The van der Waals surface area contributed by atoms with Crippen molar-refractivity contribution >= 4 is 38.5 Å². The number of amidine groups is 1. The number of nitrogens with one attached hydrogen (secondary N) is 1. The summed E-state index contributed by atoms with van der Waals surface area (Å²) < 4.78 is 6.14. The monoisotopic (exact) mass is 524 g/mol. The van der Waals surface area contributed by atoms with E-state index in [-0.39, 0.29) is 4.83 Å². The lowest BCUT2D eigenvalue weighted by Gasteiger charge is -2.27. The summed E-state index contributed by atoms with van der Waals surface area (Å²) in [6.07, 6.45) is 0. The van der Waals surface area contributed by atoms with E-state index in [9.17, 15) is 0 Å². The Morgan fingerprint density at radius 1 is 1.24 bits per heavy atom. The molecule has 0 amide bonds. The van der Waals surface area contributed by atoms with Gasteiger partial charge in [-0.05, 0) is 63.3 Å². The molecule has 1 aliphatic heterocycles. The molecule has 0 aliphatic carbocycles. The molecule has 2 aromatic carbocycles. The number of aromatic nitrogens is 2. The zero-order valence-corrected chi connectivity index (χ0v) is 22.2. The van der Waals surface area contributed by atoms with Gasteiger partial charge in [-0.1, -0.05) is 28.1 Å². The maximum Gasteiger partial charge on any atom is 0.124 e. The third-order valence-corrected chi connectivity index (χ3v) is 7.14. The van der Waals surface area contributed by atoms with Crippen molar-refractivity contribution in [2.45, 2.75) is 25.2 Å². The predicted octanol–water partition coefficient (Wildman–Crippen LogP) is 4.55. The van der Waals surface area contributed by atoms with Crippen molar-refractivity contribution in [1.29, 1.82) is 0 Å². The van der Waals surface area contributed by atoms with Crippen LogP contribution in [0.15, 0.2) is 46.4 Å². The highest BCUT2D eigenvalue weighted by atomic mass is 79.9. The van der Waals surface area contributed by atoms with Crippen molar-refractivity contribution in [2.75, 3.05) is 47.4 Å². The largest absolute Gasteiger partial charge is 0.491 e. The van der Waals surface area contributed by atoms with E-state index in [2.05, 4.69) is 91.2 Å². The fourth-order valence-electron chi connectivity index (χ4n) is 4.09. The van der Waals surface area contributed by atoms with Gasteiger partial charge < -0.3 is 19.5 Å². The molecule has 0 saturated carbocycles. The van der Waals surface area contributed by atoms with Crippen LogP contribution in [0.1, 0.15) is 18.3 Å². The maximum absolute atomic E-state index is 6.14. The minimum atomic E-state index is -0.0320. The number of aromatic amines is 1. The lowest BCUT2D eigenvalue weighted by molar-refractivity contribution is 0.288. The number of nitrogens with zero attached hydrogens (tertiary/aromatic N) is 5. The number of fused-ring (bicyclic) bond motifs is 2. The van der Waals surface area contributed by atoms with E-state index in [0.29, 0.717) is 6.61 Å². The SMILES string of the molecule is CN=C(C)C(Br)C(=NCCN(C)C)N1CCOc2ccc(-c3ccc4nc(C)[nH]c4c3)cc2C1. The van der Waals surface area contributed by atoms with Crippen molar-refractivity contribution in [1.82, 2.24) is 19.8 Å². The van der Waals surface area contributed by atoms with E-state index >= 15 is 0 Å². The molecule has 1 atom stereocenters. The highest BCUT2D eigenvalue weighted by molar-refractivity contribution is 9.10. The standard InChI is InChI=1S/C26H33BrN6O/c1-17(28-3)25(27)26(29-10-11-32(4)5)33-12-13-34-24-9-7-19(14-21(24)16-33)20-6-8-22-23(15-20)31-18(2)30-22/h6-9,14-15,25H,10-13,16H2,1-5H3,(H,30,31). The number of ether oxygens (including phenoxy) is 1. The zero-order valence-electron chi connectivity index (χ0n) is 20.6. The second-order valence-corrected chi connectivity index (χ2v) is 9.83. The van der Waals surface area contributed by atoms with Gasteiger partial charge in [-0.2, -0.15) is 0 Å². The van der Waals surface area contributed by atoms with Crippen LogP contribution in [-0.2, 0) is 6.54 Å². The number of imidazole rings is 1. The smallest absolute Gasteiger partial charge is 0.124 e. The van der Waals surface area contributed by atoms with E-state index < -0.39 is 0 Å². The molecule has 2 heterocycles. The van der Waals surface area contributed by atoms with Gasteiger partial charge in [0, 0.05) is 31.4 Å². The van der Waals surface area contributed by atoms with Crippen LogP contribution in [0, 0.1) is 6.92 Å². The first kappa shape index (κ1) is 24.4. The van der Waals surface area contributed by atoms with E-state index in [1.54, 1.807) is 0 Å². The minimum Gasteiger partial charge on any atom is -0.491 e. The normalized spacial score (nSPS) is 15.9. The Hall–Kier alpha value is -2.71. The summed E-state index contributed by atoms with van der Waals surface area (Å²) in [6.45, 7) is 7.75. The summed E-state index contributed by atoms with van der Waals surface area (Å²) in [6, 6.07) is 12.8. The first-order valence-electron chi connectivity index (χ1n) is 11.6. The van der Waals surface area contributed by atoms with E-state index in [0.717, 1.165) is 77.0 Å². The summed E-state index contributed by atoms with van der Waals surface area (Å²) in [5.74, 6) is 2.86. The summed E-state index contributed by atoms with van der Waals surface area (Å²) in [4.78, 5) is 21.7. The van der Waals surface area contributed by atoms with Crippen LogP contribution >= 0.6 is 15.9 Å². The van der Waals surface area contributed by atoms with Gasteiger partial charge in [-0.3, -0.25) is 9.98 Å². The average Bonchev–Trinajstić information content (AvgIpc) is 3.06. The van der Waals surface area contributed by atoms with Crippen molar-refractivity contribution in [3.63, 3.8) is 0 Å². The summed E-state index contributed by atoms with van der Waals surface area (Å²) >= 11 is 3.85. The molecule has 1 N–H and O–H groups in total. The molecule has 8 heteroatoms. The number of H-pyrrole nitrogens is 1. The number of hydrogen-bond acceptors (Lipinski definition) is 5. The Bertz CT molecular complexity index is 1220. The number of benzene rings is 2. The molecule has 3 aromatic rings. The van der Waals surface area contributed by atoms with Gasteiger partial charge in [0.25, 0.3) is 0 Å². The Morgan fingerprint density at radius 3 is 2.76 bits per heavy atom. The van der Waals surface area contributed by atoms with Gasteiger partial charge in [-0.25, -0.2) is 4.98 Å². The van der Waals surface area contributed by atoms with Crippen molar-refractivity contribution in [3.05, 3.63) is 47.8 Å². The molecule has 1 unspecified atom stereocenters. The van der Waals surface area contributed by atoms with Gasteiger partial charge in [0.05, 0.1) is 24.1 Å². The van der Waals surface area contributed by atoms with Crippen LogP contribution < -0.4 is 4.74 Å². The van der Waals surface area contributed by atoms with Crippen LogP contribution in [0.4, 0.5) is 0 Å². The molecule has 1 aromatic heterocycles. The number of halogens is 1. The van der Waals surface area contributed by atoms with E-state index in [1.807, 2.05) is 20.9 Å². The molecular formula is C26H33BrN6O. The average molecular weight is 525 g/mol. The number of hydrogen-bond donors (Lipinski definition) is 1. The van der Waals surface area contributed by atoms with Crippen molar-refractivity contribution < 1.29 is 4.74 Å². The fraction of sp³-hybridized carbons (Fsp3) is 0.423. The molecular weight excluding hydrogens is 492 g/mol. The van der Waals surface area contributed by atoms with E-state index in [4.69, 9.17) is 9.73 Å². The molecule has 0 fully saturated rings. The fourth-order valence-corrected chi connectivity index (χ4v) is 4.73. The number of likely N-dealkylation sites (N-methyl/N-ethyl adjacent to an activating group) is 1. The molecule has 0 radical (unpaired) electrons. The first-order chi connectivity index (χ1) is 16.4. The van der Waals surface area contributed by atoms with Gasteiger partial charge in [-0.15, -0.1) is 0 Å². The Kier molecular flexibility index (Phi) is 7.68. The quantitative estimate of drug-likeness (QED) is 0.291. The highest BCUT2D eigenvalue weighted by Crippen LogP contribution is 2.31. The van der Waals surface area contributed by atoms with Gasteiger partial charge in [0.2, 0.25) is 0 Å². The summed E-state index contributed by atoms with van der Waals surface area (Å²) in [7, 11) is 5.96. The minimum absolute atomic E-state index is 0.0320.